The average molecular weight is 172 g/mol. The van der Waals surface area contributed by atoms with Crippen molar-refractivity contribution >= 4 is 11.9 Å². The molecule has 6 N–H and O–H groups in total. The van der Waals surface area contributed by atoms with Crippen molar-refractivity contribution in [2.75, 3.05) is 27.2 Å². The lowest BCUT2D eigenvalue weighted by Crippen LogP contribution is -2.23. The second kappa shape index (κ2) is 6.26. The number of hydrogen-bond acceptors (Lipinski definition) is 2. The minimum Gasteiger partial charge on any atom is -0.370 e. The van der Waals surface area contributed by atoms with E-state index in [9.17, 15) is 0 Å². The van der Waals surface area contributed by atoms with Gasteiger partial charge in [-0.15, -0.1) is 0 Å². The Labute approximate surface area is 72.1 Å². The Bertz CT molecular complexity index is 161. The van der Waals surface area contributed by atoms with E-state index in [0.717, 1.165) is 19.0 Å². The van der Waals surface area contributed by atoms with Gasteiger partial charge in [0.25, 0.3) is 0 Å². The summed E-state index contributed by atoms with van der Waals surface area (Å²) in [5.41, 5.74) is 9.64. The molecule has 1 aliphatic rings. The van der Waals surface area contributed by atoms with E-state index in [2.05, 4.69) is 20.6 Å². The molecule has 6 nitrogen and oxygen atoms in total. The fourth-order valence-corrected chi connectivity index (χ4v) is 0.582. The van der Waals surface area contributed by atoms with Gasteiger partial charge in [0.05, 0.1) is 0 Å². The first-order valence-electron chi connectivity index (χ1n) is 3.63. The molecular formula is C6H16N6. The van der Waals surface area contributed by atoms with E-state index in [-0.39, 0.29) is 5.96 Å². The van der Waals surface area contributed by atoms with Crippen molar-refractivity contribution in [2.24, 2.45) is 21.5 Å². The van der Waals surface area contributed by atoms with Crippen LogP contribution in [0.3, 0.4) is 0 Å². The average Bonchev–Trinajstić information content (AvgIpc) is 2.57. The molecule has 1 rings (SSSR count). The number of nitrogens with two attached hydrogens (primary N) is 2. The molecule has 6 heteroatoms. The third kappa shape index (κ3) is 5.33. The van der Waals surface area contributed by atoms with E-state index in [0.29, 0.717) is 0 Å². The van der Waals surface area contributed by atoms with Crippen LogP contribution in [0, 0.1) is 0 Å². The lowest BCUT2D eigenvalue weighted by atomic mass is 10.7. The Hall–Kier alpha value is -1.46. The minimum atomic E-state index is 0.130. The van der Waals surface area contributed by atoms with Gasteiger partial charge in [0.2, 0.25) is 0 Å². The van der Waals surface area contributed by atoms with Gasteiger partial charge in [-0.25, -0.2) is 0 Å². The monoisotopic (exact) mass is 172 g/mol. The van der Waals surface area contributed by atoms with Crippen LogP contribution >= 0.6 is 0 Å². The number of hydrogen-bond donors (Lipinski definition) is 4. The zero-order valence-electron chi connectivity index (χ0n) is 7.46. The number of rotatable bonds is 0. The highest BCUT2D eigenvalue weighted by Gasteiger charge is 2.00. The van der Waals surface area contributed by atoms with Gasteiger partial charge in [0.15, 0.2) is 11.9 Å². The molecule has 0 bridgehead atoms. The Morgan fingerprint density at radius 2 is 1.67 bits per heavy atom. The highest BCUT2D eigenvalue weighted by Crippen LogP contribution is 1.72. The summed E-state index contributed by atoms with van der Waals surface area (Å²) < 4.78 is 0. The van der Waals surface area contributed by atoms with Gasteiger partial charge in [-0.3, -0.25) is 9.98 Å². The van der Waals surface area contributed by atoms with Crippen LogP contribution < -0.4 is 22.1 Å². The molecule has 70 valence electrons. The van der Waals surface area contributed by atoms with Crippen LogP contribution in [0.1, 0.15) is 0 Å². The minimum absolute atomic E-state index is 0.130. The summed E-state index contributed by atoms with van der Waals surface area (Å²) >= 11 is 0. The molecule has 0 aromatic heterocycles. The molecule has 1 heterocycles. The number of nitrogens with one attached hydrogen (secondary N) is 2. The van der Waals surface area contributed by atoms with E-state index < -0.39 is 0 Å². The first kappa shape index (κ1) is 10.5. The van der Waals surface area contributed by atoms with Crippen LogP contribution in [0.5, 0.6) is 0 Å². The lowest BCUT2D eigenvalue weighted by molar-refractivity contribution is 0.942. The summed E-state index contributed by atoms with van der Waals surface area (Å²) in [6.07, 6.45) is 0. The molecule has 0 unspecified atom stereocenters. The molecule has 0 atom stereocenters. The first-order valence-corrected chi connectivity index (χ1v) is 3.63. The molecular weight excluding hydrogens is 156 g/mol. The van der Waals surface area contributed by atoms with Crippen molar-refractivity contribution in [1.29, 1.82) is 0 Å². The van der Waals surface area contributed by atoms with Crippen molar-refractivity contribution in [2.45, 2.75) is 0 Å². The molecule has 1 aliphatic heterocycles. The molecule has 0 amide bonds. The summed E-state index contributed by atoms with van der Waals surface area (Å²) in [5.74, 6) is 1.05. The van der Waals surface area contributed by atoms with Crippen LogP contribution in [0.2, 0.25) is 0 Å². The maximum Gasteiger partial charge on any atom is 0.191 e. The molecule has 0 spiro atoms. The van der Waals surface area contributed by atoms with Crippen LogP contribution in [-0.4, -0.2) is 39.1 Å². The zero-order valence-corrected chi connectivity index (χ0v) is 7.46. The quantitative estimate of drug-likeness (QED) is 0.252. The number of nitrogens with zero attached hydrogens (tertiary/aromatic N) is 2. The number of aliphatic imine (C=N–C) groups is 2. The van der Waals surface area contributed by atoms with Gasteiger partial charge in [-0.1, -0.05) is 0 Å². The molecule has 1 saturated heterocycles. The third-order valence-electron chi connectivity index (χ3n) is 1.19. The molecule has 0 radical (unpaired) electrons. The van der Waals surface area contributed by atoms with E-state index in [1.54, 1.807) is 7.05 Å². The fraction of sp³-hybridized carbons (Fsp3) is 0.667. The van der Waals surface area contributed by atoms with Crippen molar-refractivity contribution in [3.8, 4) is 0 Å². The molecule has 1 fully saturated rings. The largest absolute Gasteiger partial charge is 0.370 e. The summed E-state index contributed by atoms with van der Waals surface area (Å²) in [6, 6.07) is 0. The standard InChI is InChI=1S/C4H9N3.C2H7N3/c1-5-4-6-2-3-7-4;1-5-2(3)4/h2-3H2,1H3,(H2,5,6,7);1H3,(H4,3,4,5). The van der Waals surface area contributed by atoms with Gasteiger partial charge in [0.1, 0.15) is 0 Å². The SMILES string of the molecule is CN=C(N)N.CN=C1NCCN1. The van der Waals surface area contributed by atoms with Gasteiger partial charge in [-0.2, -0.15) is 0 Å². The fourth-order valence-electron chi connectivity index (χ4n) is 0.582. The maximum absolute atomic E-state index is 4.82. The summed E-state index contributed by atoms with van der Waals surface area (Å²) in [7, 11) is 3.30. The Balaban J connectivity index is 0.000000217. The molecule has 0 saturated carbocycles. The van der Waals surface area contributed by atoms with Gasteiger partial charge < -0.3 is 22.1 Å². The van der Waals surface area contributed by atoms with E-state index in [1.165, 1.54) is 7.05 Å². The van der Waals surface area contributed by atoms with Gasteiger partial charge in [0, 0.05) is 27.2 Å². The number of guanidine groups is 2. The smallest absolute Gasteiger partial charge is 0.191 e. The predicted molar refractivity (Wildman–Crippen MR) is 51.1 cm³/mol. The molecule has 12 heavy (non-hydrogen) atoms. The van der Waals surface area contributed by atoms with Crippen molar-refractivity contribution < 1.29 is 0 Å². The topological polar surface area (TPSA) is 101 Å². The maximum atomic E-state index is 4.82. The van der Waals surface area contributed by atoms with Crippen LogP contribution in [0.4, 0.5) is 0 Å². The Morgan fingerprint density at radius 1 is 1.25 bits per heavy atom. The van der Waals surface area contributed by atoms with Crippen LogP contribution in [-0.2, 0) is 0 Å². The Morgan fingerprint density at radius 3 is 1.83 bits per heavy atom. The van der Waals surface area contributed by atoms with Gasteiger partial charge in [-0.05, 0) is 0 Å². The molecule has 0 aromatic carbocycles. The van der Waals surface area contributed by atoms with E-state index >= 15 is 0 Å². The normalized spacial score (nSPS) is 13.3. The Kier molecular flexibility index (Phi) is 5.50. The van der Waals surface area contributed by atoms with Crippen molar-refractivity contribution in [1.82, 2.24) is 10.6 Å². The summed E-state index contributed by atoms with van der Waals surface area (Å²) in [5, 5.41) is 6.09. The van der Waals surface area contributed by atoms with Gasteiger partial charge >= 0.3 is 0 Å². The highest BCUT2D eigenvalue weighted by atomic mass is 15.2. The van der Waals surface area contributed by atoms with Crippen molar-refractivity contribution in [3.63, 3.8) is 0 Å². The van der Waals surface area contributed by atoms with Crippen LogP contribution in [0.15, 0.2) is 9.98 Å². The van der Waals surface area contributed by atoms with E-state index in [4.69, 9.17) is 11.5 Å². The zero-order chi connectivity index (χ0) is 9.40. The van der Waals surface area contributed by atoms with Crippen LogP contribution in [0.25, 0.3) is 0 Å². The summed E-state index contributed by atoms with van der Waals surface area (Å²) in [6.45, 7) is 2.01. The predicted octanol–water partition coefficient (Wildman–Crippen LogP) is -1.95. The third-order valence-corrected chi connectivity index (χ3v) is 1.19. The van der Waals surface area contributed by atoms with Crippen molar-refractivity contribution in [3.05, 3.63) is 0 Å². The van der Waals surface area contributed by atoms with E-state index in [1.807, 2.05) is 0 Å². The molecule has 0 aromatic rings. The lowest BCUT2D eigenvalue weighted by Gasteiger charge is -1.90. The second-order valence-corrected chi connectivity index (χ2v) is 2.07. The second-order valence-electron chi connectivity index (χ2n) is 2.07. The first-order chi connectivity index (χ1) is 5.70. The highest BCUT2D eigenvalue weighted by molar-refractivity contribution is 5.81. The summed E-state index contributed by atoms with van der Waals surface area (Å²) in [4.78, 5) is 7.24. The molecule has 0 aliphatic carbocycles.